The Morgan fingerprint density at radius 3 is 2.64 bits per heavy atom. The van der Waals surface area contributed by atoms with E-state index in [0.717, 1.165) is 73.0 Å². The zero-order valence-corrected chi connectivity index (χ0v) is 21.3. The van der Waals surface area contributed by atoms with E-state index >= 15 is 0 Å². The van der Waals surface area contributed by atoms with Gasteiger partial charge in [-0.15, -0.1) is 0 Å². The molecule has 0 bridgehead atoms. The second-order valence-corrected chi connectivity index (χ2v) is 11.4. The number of hydrogen-bond donors (Lipinski definition) is 0. The van der Waals surface area contributed by atoms with Crippen molar-refractivity contribution in [3.63, 3.8) is 0 Å². The normalized spacial score (nSPS) is 21.6. The molecule has 36 heavy (non-hydrogen) atoms. The van der Waals surface area contributed by atoms with Crippen LogP contribution in [0.1, 0.15) is 68.1 Å². The molecule has 1 saturated carbocycles. The lowest BCUT2D eigenvalue weighted by atomic mass is 9.91. The summed E-state index contributed by atoms with van der Waals surface area (Å²) in [5.74, 6) is 0.105. The SMILES string of the molecule is CC(C)(C)OC(=O)n1cc2c(n1)CCC(N(C(=O)c1cccc3c1ccn3CC1CCO1)C1CC1)C2. The van der Waals surface area contributed by atoms with Crippen LogP contribution in [0.25, 0.3) is 10.9 Å². The van der Waals surface area contributed by atoms with E-state index in [1.165, 1.54) is 4.68 Å². The van der Waals surface area contributed by atoms with Crippen molar-refractivity contribution in [2.45, 2.75) is 89.6 Å². The minimum absolute atomic E-state index is 0.0921. The largest absolute Gasteiger partial charge is 0.442 e. The summed E-state index contributed by atoms with van der Waals surface area (Å²) in [7, 11) is 0. The molecule has 2 atom stereocenters. The molecule has 8 heteroatoms. The predicted molar refractivity (Wildman–Crippen MR) is 135 cm³/mol. The van der Waals surface area contributed by atoms with E-state index in [1.54, 1.807) is 6.20 Å². The fraction of sp³-hybridized carbons (Fsp3) is 0.536. The van der Waals surface area contributed by atoms with Crippen molar-refractivity contribution in [1.29, 1.82) is 0 Å². The molecule has 8 nitrogen and oxygen atoms in total. The first-order valence-corrected chi connectivity index (χ1v) is 13.1. The Labute approximate surface area is 211 Å². The molecular weight excluding hydrogens is 456 g/mol. The number of carbonyl (C=O) groups excluding carboxylic acids is 2. The molecule has 190 valence electrons. The monoisotopic (exact) mass is 490 g/mol. The van der Waals surface area contributed by atoms with Gasteiger partial charge in [-0.1, -0.05) is 6.07 Å². The minimum Gasteiger partial charge on any atom is -0.442 e. The van der Waals surface area contributed by atoms with Crippen LogP contribution in [0.4, 0.5) is 4.79 Å². The maximum Gasteiger partial charge on any atom is 0.435 e. The first kappa shape index (κ1) is 23.3. The molecule has 6 rings (SSSR count). The Morgan fingerprint density at radius 2 is 1.94 bits per heavy atom. The molecule has 3 heterocycles. The van der Waals surface area contributed by atoms with Crippen molar-refractivity contribution in [2.24, 2.45) is 0 Å². The second kappa shape index (κ2) is 8.76. The van der Waals surface area contributed by atoms with Gasteiger partial charge < -0.3 is 18.9 Å². The number of aryl methyl sites for hydroxylation is 1. The lowest BCUT2D eigenvalue weighted by molar-refractivity contribution is -0.0586. The maximum atomic E-state index is 14.0. The number of fused-ring (bicyclic) bond motifs is 2. The number of nitrogens with zero attached hydrogens (tertiary/aromatic N) is 4. The molecule has 1 aliphatic heterocycles. The van der Waals surface area contributed by atoms with Crippen LogP contribution in [0.2, 0.25) is 0 Å². The van der Waals surface area contributed by atoms with Crippen LogP contribution < -0.4 is 0 Å². The van der Waals surface area contributed by atoms with E-state index < -0.39 is 11.7 Å². The average Bonchev–Trinajstić information content (AvgIpc) is 3.39. The van der Waals surface area contributed by atoms with Crippen molar-refractivity contribution in [3.8, 4) is 0 Å². The third-order valence-electron chi connectivity index (χ3n) is 7.43. The Hall–Kier alpha value is -3.13. The topological polar surface area (TPSA) is 78.6 Å². The van der Waals surface area contributed by atoms with Gasteiger partial charge in [-0.3, -0.25) is 4.79 Å². The van der Waals surface area contributed by atoms with Crippen LogP contribution in [0.5, 0.6) is 0 Å². The highest BCUT2D eigenvalue weighted by Gasteiger charge is 2.40. The molecule has 3 aromatic rings. The van der Waals surface area contributed by atoms with E-state index in [2.05, 4.69) is 32.9 Å². The lowest BCUT2D eigenvalue weighted by Crippen LogP contribution is -2.44. The smallest absolute Gasteiger partial charge is 0.435 e. The fourth-order valence-electron chi connectivity index (χ4n) is 5.46. The molecule has 1 aromatic carbocycles. The molecule has 1 amide bonds. The number of benzene rings is 1. The van der Waals surface area contributed by atoms with E-state index in [-0.39, 0.29) is 24.1 Å². The molecule has 1 saturated heterocycles. The zero-order valence-electron chi connectivity index (χ0n) is 21.3. The third-order valence-corrected chi connectivity index (χ3v) is 7.43. The van der Waals surface area contributed by atoms with E-state index in [4.69, 9.17) is 9.47 Å². The summed E-state index contributed by atoms with van der Waals surface area (Å²) >= 11 is 0. The summed E-state index contributed by atoms with van der Waals surface area (Å²) in [6.45, 7) is 7.20. The number of hydrogen-bond acceptors (Lipinski definition) is 5. The molecular formula is C28H34N4O4. The van der Waals surface area contributed by atoms with E-state index in [0.29, 0.717) is 6.42 Å². The first-order valence-electron chi connectivity index (χ1n) is 13.1. The summed E-state index contributed by atoms with van der Waals surface area (Å²) in [6.07, 6.45) is 9.12. The molecule has 2 aliphatic carbocycles. The van der Waals surface area contributed by atoms with Gasteiger partial charge >= 0.3 is 6.09 Å². The molecule has 2 aromatic heterocycles. The van der Waals surface area contributed by atoms with Crippen molar-refractivity contribution in [2.75, 3.05) is 6.61 Å². The molecule has 3 aliphatic rings. The number of aromatic nitrogens is 3. The number of rotatable bonds is 5. The van der Waals surface area contributed by atoms with Gasteiger partial charge in [-0.25, -0.2) is 4.79 Å². The third kappa shape index (κ3) is 4.43. The summed E-state index contributed by atoms with van der Waals surface area (Å²) in [4.78, 5) is 28.7. The average molecular weight is 491 g/mol. The Morgan fingerprint density at radius 1 is 1.14 bits per heavy atom. The van der Waals surface area contributed by atoms with Crippen molar-refractivity contribution >= 4 is 22.9 Å². The van der Waals surface area contributed by atoms with Crippen molar-refractivity contribution in [3.05, 3.63) is 53.5 Å². The minimum atomic E-state index is -0.577. The van der Waals surface area contributed by atoms with Crippen LogP contribution in [0.3, 0.4) is 0 Å². The van der Waals surface area contributed by atoms with Gasteiger partial charge in [0.2, 0.25) is 0 Å². The zero-order chi connectivity index (χ0) is 25.0. The highest BCUT2D eigenvalue weighted by Crippen LogP contribution is 2.36. The first-order chi connectivity index (χ1) is 17.3. The van der Waals surface area contributed by atoms with Crippen LogP contribution >= 0.6 is 0 Å². The highest BCUT2D eigenvalue weighted by atomic mass is 16.6. The van der Waals surface area contributed by atoms with Crippen molar-refractivity contribution in [1.82, 2.24) is 19.2 Å². The second-order valence-electron chi connectivity index (χ2n) is 11.4. The number of carbonyl (C=O) groups is 2. The Kier molecular flexibility index (Phi) is 5.67. The quantitative estimate of drug-likeness (QED) is 0.524. The summed E-state index contributed by atoms with van der Waals surface area (Å²) in [5, 5.41) is 5.50. The fourth-order valence-corrected chi connectivity index (χ4v) is 5.46. The molecule has 0 spiro atoms. The summed E-state index contributed by atoms with van der Waals surface area (Å²) in [5.41, 5.74) is 3.23. The molecule has 2 fully saturated rings. The van der Waals surface area contributed by atoms with E-state index in [9.17, 15) is 9.59 Å². The number of ether oxygens (including phenoxy) is 2. The van der Waals surface area contributed by atoms with Crippen molar-refractivity contribution < 1.29 is 19.1 Å². The van der Waals surface area contributed by atoms with Gasteiger partial charge in [0.05, 0.1) is 11.8 Å². The van der Waals surface area contributed by atoms with Gasteiger partial charge in [0.1, 0.15) is 5.60 Å². The molecule has 0 radical (unpaired) electrons. The van der Waals surface area contributed by atoms with Gasteiger partial charge in [-0.05, 0) is 83.1 Å². The Bertz CT molecular complexity index is 1310. The number of amides is 1. The summed E-state index contributed by atoms with van der Waals surface area (Å²) in [6, 6.07) is 8.47. The van der Waals surface area contributed by atoms with Gasteiger partial charge in [0.15, 0.2) is 0 Å². The van der Waals surface area contributed by atoms with Crippen LogP contribution in [-0.4, -0.2) is 61.6 Å². The standard InChI is InChI=1S/C28H34N4O4/c1-28(2,3)36-27(34)31-16-18-15-20(9-10-24(18)29-31)32(19-7-8-19)26(33)23-5-4-6-25-22(23)11-13-30(25)17-21-12-14-35-21/h4-6,11,13,16,19-21H,7-10,12,14-15,17H2,1-3H3. The van der Waals surface area contributed by atoms with Crippen LogP contribution in [-0.2, 0) is 28.9 Å². The maximum absolute atomic E-state index is 14.0. The highest BCUT2D eigenvalue weighted by molar-refractivity contribution is 6.07. The van der Waals surface area contributed by atoms with Gasteiger partial charge in [0.25, 0.3) is 5.91 Å². The van der Waals surface area contributed by atoms with Crippen LogP contribution in [0, 0.1) is 0 Å². The molecule has 2 unspecified atom stereocenters. The Balaban J connectivity index is 1.24. The summed E-state index contributed by atoms with van der Waals surface area (Å²) < 4.78 is 14.6. The lowest BCUT2D eigenvalue weighted by Gasteiger charge is -2.34. The predicted octanol–water partition coefficient (Wildman–Crippen LogP) is 4.57. The molecule has 0 N–H and O–H groups in total. The van der Waals surface area contributed by atoms with Gasteiger partial charge in [0, 0.05) is 54.1 Å². The van der Waals surface area contributed by atoms with E-state index in [1.807, 2.05) is 32.9 Å². The van der Waals surface area contributed by atoms with Gasteiger partial charge in [-0.2, -0.15) is 9.78 Å². The van der Waals surface area contributed by atoms with Crippen LogP contribution in [0.15, 0.2) is 36.7 Å².